The van der Waals surface area contributed by atoms with E-state index in [1.807, 2.05) is 26.0 Å². The highest BCUT2D eigenvalue weighted by Crippen LogP contribution is 2.42. The number of halogens is 1. The second-order valence-electron chi connectivity index (χ2n) is 9.02. The Bertz CT molecular complexity index is 1190. The normalized spacial score (nSPS) is 17.5. The summed E-state index contributed by atoms with van der Waals surface area (Å²) in [6.07, 6.45) is 1.16. The third-order valence-corrected chi connectivity index (χ3v) is 6.87. The van der Waals surface area contributed by atoms with Gasteiger partial charge >= 0.3 is 0 Å². The van der Waals surface area contributed by atoms with Gasteiger partial charge in [-0.15, -0.1) is 17.5 Å². The second-order valence-corrected chi connectivity index (χ2v) is 9.02. The number of hydrogen-bond donors (Lipinski definition) is 1. The monoisotopic (exact) mass is 449 g/mol. The van der Waals surface area contributed by atoms with Crippen LogP contribution in [0.1, 0.15) is 41.8 Å². The summed E-state index contributed by atoms with van der Waals surface area (Å²) in [4.78, 5) is 2.43. The van der Waals surface area contributed by atoms with E-state index in [4.69, 9.17) is 4.74 Å². The number of nitriles is 1. The maximum absolute atomic E-state index is 9.37. The van der Waals surface area contributed by atoms with Crippen molar-refractivity contribution in [2.75, 3.05) is 36.5 Å². The third-order valence-electron chi connectivity index (χ3n) is 6.87. The summed E-state index contributed by atoms with van der Waals surface area (Å²) in [7, 11) is 0. The van der Waals surface area contributed by atoms with Crippen LogP contribution in [0, 0.1) is 30.6 Å². The van der Waals surface area contributed by atoms with Crippen LogP contribution < -0.4 is 10.2 Å². The van der Waals surface area contributed by atoms with Crippen molar-refractivity contribution in [3.05, 3.63) is 58.8 Å². The Morgan fingerprint density at radius 2 is 1.97 bits per heavy atom. The fourth-order valence-corrected chi connectivity index (χ4v) is 4.95. The number of hydrogen-bond acceptors (Lipinski definition) is 6. The molecular weight excluding hydrogens is 422 g/mol. The van der Waals surface area contributed by atoms with Gasteiger partial charge in [-0.1, -0.05) is 18.2 Å². The first kappa shape index (κ1) is 22.3. The van der Waals surface area contributed by atoms with Gasteiger partial charge in [0.25, 0.3) is 0 Å². The number of nitrogens with zero attached hydrogens (tertiary/aromatic N) is 4. The van der Waals surface area contributed by atoms with Crippen LogP contribution in [0.3, 0.4) is 0 Å². The summed E-state index contributed by atoms with van der Waals surface area (Å²) in [5, 5.41) is 24.0. The standard InChI is InChI=1S/C25H27N5O.ClH/c1-16-19(12-26)5-4-6-21(16)17(2)27-24-23-11-20(7-8-22(23)18(3)28-29-24)30-13-25(14-30)9-10-31-15-25;/h4-8,11,17H,9-10,13-15H2,1-3H3,(H,27,29);1H. The number of benzene rings is 2. The zero-order chi connectivity index (χ0) is 21.6. The third kappa shape index (κ3) is 3.76. The molecule has 166 valence electrons. The van der Waals surface area contributed by atoms with Crippen LogP contribution in [0.15, 0.2) is 36.4 Å². The van der Waals surface area contributed by atoms with Gasteiger partial charge in [-0.2, -0.15) is 10.4 Å². The van der Waals surface area contributed by atoms with Crippen LogP contribution in [0.4, 0.5) is 11.5 Å². The van der Waals surface area contributed by atoms with Crippen molar-refractivity contribution in [3.63, 3.8) is 0 Å². The van der Waals surface area contributed by atoms with Gasteiger partial charge < -0.3 is 15.0 Å². The Hall–Kier alpha value is -2.88. The first-order chi connectivity index (χ1) is 15.0. The molecule has 2 aliphatic heterocycles. The van der Waals surface area contributed by atoms with Gasteiger partial charge in [-0.3, -0.25) is 0 Å². The highest BCUT2D eigenvalue weighted by atomic mass is 35.5. The quantitative estimate of drug-likeness (QED) is 0.608. The largest absolute Gasteiger partial charge is 0.381 e. The Labute approximate surface area is 195 Å². The molecule has 1 aromatic heterocycles. The number of fused-ring (bicyclic) bond motifs is 1. The molecule has 32 heavy (non-hydrogen) atoms. The lowest BCUT2D eigenvalue weighted by Gasteiger charge is -2.48. The first-order valence-electron chi connectivity index (χ1n) is 10.9. The summed E-state index contributed by atoms with van der Waals surface area (Å²) in [5.74, 6) is 0.774. The van der Waals surface area contributed by atoms with E-state index in [2.05, 4.69) is 57.7 Å². The van der Waals surface area contributed by atoms with E-state index in [-0.39, 0.29) is 18.4 Å². The second kappa shape index (κ2) is 8.57. The SMILES string of the molecule is Cc1c(C#N)cccc1C(C)Nc1nnc(C)c2ccc(N3CC4(CCOC4)C3)cc12.Cl. The predicted octanol–water partition coefficient (Wildman–Crippen LogP) is 4.94. The van der Waals surface area contributed by atoms with Crippen LogP contribution in [0.2, 0.25) is 0 Å². The molecule has 5 rings (SSSR count). The summed E-state index contributed by atoms with van der Waals surface area (Å²) in [6, 6.07) is 14.7. The average Bonchev–Trinajstić information content (AvgIpc) is 3.25. The number of aryl methyl sites for hydroxylation is 1. The van der Waals surface area contributed by atoms with E-state index in [1.54, 1.807) is 0 Å². The average molecular weight is 450 g/mol. The molecule has 0 saturated carbocycles. The summed E-state index contributed by atoms with van der Waals surface area (Å²) in [6.45, 7) is 9.96. The Kier molecular flexibility index (Phi) is 5.98. The van der Waals surface area contributed by atoms with Gasteiger partial charge in [0.1, 0.15) is 0 Å². The number of nitrogens with one attached hydrogen (secondary N) is 1. The van der Waals surface area contributed by atoms with Gasteiger partial charge in [0.05, 0.1) is 30.0 Å². The molecule has 2 fully saturated rings. The number of anilines is 2. The molecule has 2 aliphatic rings. The molecule has 1 spiro atoms. The van der Waals surface area contributed by atoms with Crippen LogP contribution in [0.5, 0.6) is 0 Å². The summed E-state index contributed by atoms with van der Waals surface area (Å²) >= 11 is 0. The topological polar surface area (TPSA) is 74.1 Å². The molecule has 2 aromatic carbocycles. The van der Waals surface area contributed by atoms with Crippen molar-refractivity contribution >= 4 is 34.7 Å². The van der Waals surface area contributed by atoms with E-state index in [0.717, 1.165) is 66.1 Å². The van der Waals surface area contributed by atoms with Crippen LogP contribution in [0.25, 0.3) is 10.8 Å². The minimum absolute atomic E-state index is 0. The summed E-state index contributed by atoms with van der Waals surface area (Å²) < 4.78 is 5.63. The van der Waals surface area contributed by atoms with Crippen molar-refractivity contribution < 1.29 is 4.74 Å². The van der Waals surface area contributed by atoms with E-state index >= 15 is 0 Å². The molecule has 7 heteroatoms. The lowest BCUT2D eigenvalue weighted by Crippen LogP contribution is -2.56. The zero-order valence-electron chi connectivity index (χ0n) is 18.7. The van der Waals surface area contributed by atoms with Crippen LogP contribution in [-0.4, -0.2) is 36.5 Å². The Morgan fingerprint density at radius 3 is 2.69 bits per heavy atom. The Balaban J connectivity index is 0.00000245. The molecule has 0 aliphatic carbocycles. The lowest BCUT2D eigenvalue weighted by atomic mass is 9.79. The fraction of sp³-hybridized carbons (Fsp3) is 0.400. The van der Waals surface area contributed by atoms with E-state index in [1.165, 1.54) is 5.69 Å². The van der Waals surface area contributed by atoms with Gasteiger partial charge in [-0.05, 0) is 56.5 Å². The van der Waals surface area contributed by atoms with E-state index < -0.39 is 0 Å². The minimum Gasteiger partial charge on any atom is -0.381 e. The molecule has 3 heterocycles. The zero-order valence-corrected chi connectivity index (χ0v) is 19.5. The molecule has 2 saturated heterocycles. The maximum Gasteiger partial charge on any atom is 0.157 e. The molecule has 6 nitrogen and oxygen atoms in total. The van der Waals surface area contributed by atoms with Crippen molar-refractivity contribution in [2.24, 2.45) is 5.41 Å². The predicted molar refractivity (Wildman–Crippen MR) is 130 cm³/mol. The lowest BCUT2D eigenvalue weighted by molar-refractivity contribution is 0.131. The fourth-order valence-electron chi connectivity index (χ4n) is 4.95. The van der Waals surface area contributed by atoms with Crippen LogP contribution >= 0.6 is 12.4 Å². The van der Waals surface area contributed by atoms with Gasteiger partial charge in [0.15, 0.2) is 5.82 Å². The molecular formula is C25H28ClN5O. The highest BCUT2D eigenvalue weighted by molar-refractivity contribution is 5.95. The van der Waals surface area contributed by atoms with Gasteiger partial charge in [0, 0.05) is 41.6 Å². The molecule has 1 unspecified atom stereocenters. The smallest absolute Gasteiger partial charge is 0.157 e. The van der Waals surface area contributed by atoms with Crippen LogP contribution in [-0.2, 0) is 4.74 Å². The first-order valence-corrected chi connectivity index (χ1v) is 10.9. The van der Waals surface area contributed by atoms with Gasteiger partial charge in [0.2, 0.25) is 0 Å². The van der Waals surface area contributed by atoms with Crippen molar-refractivity contribution in [1.82, 2.24) is 10.2 Å². The molecule has 0 bridgehead atoms. The molecule has 0 radical (unpaired) electrons. The van der Waals surface area contributed by atoms with Crippen molar-refractivity contribution in [2.45, 2.75) is 33.2 Å². The minimum atomic E-state index is 0. The van der Waals surface area contributed by atoms with Gasteiger partial charge in [-0.25, -0.2) is 0 Å². The van der Waals surface area contributed by atoms with E-state index in [9.17, 15) is 5.26 Å². The summed E-state index contributed by atoms with van der Waals surface area (Å²) in [5.41, 5.74) is 5.29. The number of rotatable bonds is 4. The highest BCUT2D eigenvalue weighted by Gasteiger charge is 2.45. The number of ether oxygens (including phenoxy) is 1. The van der Waals surface area contributed by atoms with Crippen molar-refractivity contribution in [1.29, 1.82) is 5.26 Å². The molecule has 1 N–H and O–H groups in total. The number of aromatic nitrogens is 2. The van der Waals surface area contributed by atoms with Crippen molar-refractivity contribution in [3.8, 4) is 6.07 Å². The molecule has 0 amide bonds. The Morgan fingerprint density at radius 1 is 1.16 bits per heavy atom. The molecule has 1 atom stereocenters. The van der Waals surface area contributed by atoms with E-state index in [0.29, 0.717) is 11.0 Å². The molecule has 3 aromatic rings. The maximum atomic E-state index is 9.37.